The van der Waals surface area contributed by atoms with Crippen LogP contribution in [0.25, 0.3) is 11.3 Å². The molecule has 1 aromatic carbocycles. The Bertz CT molecular complexity index is 783. The van der Waals surface area contributed by atoms with Crippen molar-refractivity contribution in [3.63, 3.8) is 0 Å². The molecule has 6 nitrogen and oxygen atoms in total. The van der Waals surface area contributed by atoms with Crippen LogP contribution in [0.4, 0.5) is 0 Å². The van der Waals surface area contributed by atoms with Crippen LogP contribution >= 0.6 is 0 Å². The Balaban J connectivity index is 1.65. The van der Waals surface area contributed by atoms with E-state index in [4.69, 9.17) is 9.15 Å². The van der Waals surface area contributed by atoms with Crippen molar-refractivity contribution in [3.8, 4) is 11.3 Å². The third-order valence-electron chi connectivity index (χ3n) is 5.14. The smallest absolute Gasteiger partial charge is 0.287 e. The van der Waals surface area contributed by atoms with Gasteiger partial charge in [0.25, 0.3) is 5.91 Å². The number of piperidine rings is 1. The predicted molar refractivity (Wildman–Crippen MR) is 103 cm³/mol. The second-order valence-electron chi connectivity index (χ2n) is 7.16. The maximum absolute atomic E-state index is 12.5. The first-order valence-electron chi connectivity index (χ1n) is 9.22. The van der Waals surface area contributed by atoms with Crippen molar-refractivity contribution >= 4 is 11.7 Å². The Labute approximate surface area is 159 Å². The first kappa shape index (κ1) is 19.3. The quantitative estimate of drug-likeness (QED) is 0.733. The van der Waals surface area contributed by atoms with Crippen LogP contribution in [-0.2, 0) is 4.74 Å². The highest BCUT2D eigenvalue weighted by molar-refractivity contribution is 5.94. The van der Waals surface area contributed by atoms with Crippen molar-refractivity contribution in [2.75, 3.05) is 33.4 Å². The van der Waals surface area contributed by atoms with Gasteiger partial charge >= 0.3 is 0 Å². The Hall–Kier alpha value is -2.44. The van der Waals surface area contributed by atoms with Gasteiger partial charge < -0.3 is 19.8 Å². The van der Waals surface area contributed by atoms with E-state index in [-0.39, 0.29) is 22.9 Å². The number of Topliss-reactive ketones (excluding diaryl/α,β-unsaturated/α-hetero) is 1. The molecular formula is C21H26N2O4. The summed E-state index contributed by atoms with van der Waals surface area (Å²) < 4.78 is 11.1. The van der Waals surface area contributed by atoms with Gasteiger partial charge in [-0.3, -0.25) is 9.59 Å². The zero-order valence-corrected chi connectivity index (χ0v) is 15.8. The van der Waals surface area contributed by atoms with Crippen molar-refractivity contribution in [2.45, 2.75) is 19.8 Å². The van der Waals surface area contributed by atoms with Crippen LogP contribution in [0.1, 0.15) is 40.7 Å². The van der Waals surface area contributed by atoms with Gasteiger partial charge in [0.05, 0.1) is 6.61 Å². The third kappa shape index (κ3) is 4.64. The summed E-state index contributed by atoms with van der Waals surface area (Å²) in [6.45, 7) is 4.58. The number of benzene rings is 1. The fourth-order valence-electron chi connectivity index (χ4n) is 3.47. The first-order valence-corrected chi connectivity index (χ1v) is 9.22. The molecule has 6 heteroatoms. The highest BCUT2D eigenvalue weighted by atomic mass is 16.5. The predicted octanol–water partition coefficient (Wildman–Crippen LogP) is 2.90. The standard InChI is InChI=1S/C21H26N2O4/c1-15(24)16-3-5-17(6-4-16)18-7-8-19(27-18)20(25)23-13-21(14-26-2)9-11-22-12-10-21/h3-8,22H,9-14H2,1-2H3,(H,23,25). The lowest BCUT2D eigenvalue weighted by molar-refractivity contribution is 0.0506. The van der Waals surface area contributed by atoms with E-state index in [0.29, 0.717) is 24.5 Å². The number of hydrogen-bond donors (Lipinski definition) is 2. The van der Waals surface area contributed by atoms with Crippen molar-refractivity contribution in [3.05, 3.63) is 47.7 Å². The van der Waals surface area contributed by atoms with Gasteiger partial charge in [-0.1, -0.05) is 24.3 Å². The zero-order chi connectivity index (χ0) is 19.3. The van der Waals surface area contributed by atoms with E-state index >= 15 is 0 Å². The number of ketones is 1. The highest BCUT2D eigenvalue weighted by Crippen LogP contribution is 2.28. The summed E-state index contributed by atoms with van der Waals surface area (Å²) in [6.07, 6.45) is 1.93. The van der Waals surface area contributed by atoms with Crippen LogP contribution in [0.3, 0.4) is 0 Å². The molecule has 3 rings (SSSR count). The summed E-state index contributed by atoms with van der Waals surface area (Å²) in [5.41, 5.74) is 1.44. The minimum Gasteiger partial charge on any atom is -0.451 e. The SMILES string of the molecule is COCC1(CNC(=O)c2ccc(-c3ccc(C(C)=O)cc3)o2)CCNCC1. The van der Waals surface area contributed by atoms with Gasteiger partial charge in [0.1, 0.15) is 5.76 Å². The first-order chi connectivity index (χ1) is 13.0. The topological polar surface area (TPSA) is 80.6 Å². The number of methoxy groups -OCH3 is 1. The molecule has 0 unspecified atom stereocenters. The molecule has 144 valence electrons. The molecule has 0 saturated carbocycles. The summed E-state index contributed by atoms with van der Waals surface area (Å²) in [5, 5.41) is 6.34. The molecule has 0 spiro atoms. The average molecular weight is 370 g/mol. The maximum atomic E-state index is 12.5. The normalized spacial score (nSPS) is 16.1. The van der Waals surface area contributed by atoms with E-state index in [2.05, 4.69) is 10.6 Å². The Morgan fingerprint density at radius 3 is 2.48 bits per heavy atom. The number of ether oxygens (including phenoxy) is 1. The lowest BCUT2D eigenvalue weighted by Crippen LogP contribution is -2.47. The summed E-state index contributed by atoms with van der Waals surface area (Å²) in [4.78, 5) is 23.9. The Kier molecular flexibility index (Phi) is 6.08. The number of nitrogens with one attached hydrogen (secondary N) is 2. The molecule has 1 aliphatic heterocycles. The van der Waals surface area contributed by atoms with E-state index in [1.165, 1.54) is 6.92 Å². The molecule has 2 aromatic rings. The third-order valence-corrected chi connectivity index (χ3v) is 5.14. The van der Waals surface area contributed by atoms with Gasteiger partial charge in [0.2, 0.25) is 0 Å². The van der Waals surface area contributed by atoms with Gasteiger partial charge in [-0.15, -0.1) is 0 Å². The summed E-state index contributed by atoms with van der Waals surface area (Å²) >= 11 is 0. The second-order valence-corrected chi connectivity index (χ2v) is 7.16. The number of rotatable bonds is 7. The van der Waals surface area contributed by atoms with Gasteiger partial charge in [-0.05, 0) is 45.0 Å². The van der Waals surface area contributed by atoms with Crippen molar-refractivity contribution < 1.29 is 18.7 Å². The molecule has 1 aliphatic rings. The fourth-order valence-corrected chi connectivity index (χ4v) is 3.47. The minimum absolute atomic E-state index is 0.0176. The molecule has 2 heterocycles. The lowest BCUT2D eigenvalue weighted by atomic mass is 9.79. The summed E-state index contributed by atoms with van der Waals surface area (Å²) in [5.74, 6) is 0.672. The van der Waals surface area contributed by atoms with E-state index in [0.717, 1.165) is 31.5 Å². The van der Waals surface area contributed by atoms with Gasteiger partial charge in [0.15, 0.2) is 11.5 Å². The number of carbonyl (C=O) groups is 2. The van der Waals surface area contributed by atoms with E-state index in [1.54, 1.807) is 31.4 Å². The van der Waals surface area contributed by atoms with Crippen LogP contribution < -0.4 is 10.6 Å². The van der Waals surface area contributed by atoms with Crippen LogP contribution in [0.5, 0.6) is 0 Å². The highest BCUT2D eigenvalue weighted by Gasteiger charge is 2.32. The monoisotopic (exact) mass is 370 g/mol. The molecule has 0 atom stereocenters. The van der Waals surface area contributed by atoms with Crippen LogP contribution in [0.2, 0.25) is 0 Å². The number of carbonyl (C=O) groups excluding carboxylic acids is 2. The zero-order valence-electron chi connectivity index (χ0n) is 15.8. The molecule has 27 heavy (non-hydrogen) atoms. The van der Waals surface area contributed by atoms with Gasteiger partial charge in [0, 0.05) is 30.2 Å². The fraction of sp³-hybridized carbons (Fsp3) is 0.429. The van der Waals surface area contributed by atoms with Crippen LogP contribution in [-0.4, -0.2) is 45.0 Å². The number of amides is 1. The van der Waals surface area contributed by atoms with E-state index < -0.39 is 0 Å². The van der Waals surface area contributed by atoms with Gasteiger partial charge in [-0.25, -0.2) is 0 Å². The Morgan fingerprint density at radius 1 is 1.15 bits per heavy atom. The van der Waals surface area contributed by atoms with E-state index in [9.17, 15) is 9.59 Å². The maximum Gasteiger partial charge on any atom is 0.287 e. The largest absolute Gasteiger partial charge is 0.451 e. The molecule has 2 N–H and O–H groups in total. The number of hydrogen-bond acceptors (Lipinski definition) is 5. The molecular weight excluding hydrogens is 344 g/mol. The summed E-state index contributed by atoms with van der Waals surface area (Å²) in [7, 11) is 1.70. The minimum atomic E-state index is -0.226. The molecule has 0 radical (unpaired) electrons. The number of furan rings is 1. The molecule has 0 aliphatic carbocycles. The molecule has 1 aromatic heterocycles. The Morgan fingerprint density at radius 2 is 1.85 bits per heavy atom. The average Bonchev–Trinajstić information content (AvgIpc) is 3.17. The van der Waals surface area contributed by atoms with Crippen molar-refractivity contribution in [2.24, 2.45) is 5.41 Å². The molecule has 0 bridgehead atoms. The van der Waals surface area contributed by atoms with Crippen molar-refractivity contribution in [1.82, 2.24) is 10.6 Å². The van der Waals surface area contributed by atoms with Crippen LogP contribution in [0, 0.1) is 5.41 Å². The molecule has 1 amide bonds. The molecule has 1 saturated heterocycles. The van der Waals surface area contributed by atoms with E-state index in [1.807, 2.05) is 12.1 Å². The second kappa shape index (κ2) is 8.50. The van der Waals surface area contributed by atoms with Gasteiger partial charge in [-0.2, -0.15) is 0 Å². The van der Waals surface area contributed by atoms with Crippen molar-refractivity contribution in [1.29, 1.82) is 0 Å². The summed E-state index contributed by atoms with van der Waals surface area (Å²) in [6, 6.07) is 10.6. The van der Waals surface area contributed by atoms with Crippen LogP contribution in [0.15, 0.2) is 40.8 Å². The molecule has 1 fully saturated rings. The lowest BCUT2D eigenvalue weighted by Gasteiger charge is -2.37.